The summed E-state index contributed by atoms with van der Waals surface area (Å²) in [5, 5.41) is 12.7. The first kappa shape index (κ1) is 14.4. The third-order valence-electron chi connectivity index (χ3n) is 2.99. The van der Waals surface area contributed by atoms with Crippen molar-refractivity contribution in [3.05, 3.63) is 34.6 Å². The van der Waals surface area contributed by atoms with Crippen molar-refractivity contribution in [2.45, 2.75) is 32.9 Å². The summed E-state index contributed by atoms with van der Waals surface area (Å²) in [4.78, 5) is 0. The van der Waals surface area contributed by atoms with Gasteiger partial charge in [-0.1, -0.05) is 31.5 Å². The van der Waals surface area contributed by atoms with Gasteiger partial charge in [0.15, 0.2) is 0 Å². The topological polar surface area (TPSA) is 32.3 Å². The predicted octanol–water partition coefficient (Wildman–Crippen LogP) is 3.15. The molecule has 4 heteroatoms. The van der Waals surface area contributed by atoms with E-state index in [4.69, 9.17) is 11.6 Å². The molecule has 0 radical (unpaired) electrons. The van der Waals surface area contributed by atoms with Crippen LogP contribution < -0.4 is 5.32 Å². The van der Waals surface area contributed by atoms with Gasteiger partial charge >= 0.3 is 0 Å². The maximum absolute atomic E-state index is 13.3. The molecular weight excluding hydrogens is 241 g/mol. The van der Waals surface area contributed by atoms with E-state index in [1.807, 2.05) is 6.92 Å². The monoisotopic (exact) mass is 259 g/mol. The van der Waals surface area contributed by atoms with E-state index >= 15 is 0 Å². The fourth-order valence-corrected chi connectivity index (χ4v) is 1.61. The molecule has 0 amide bonds. The van der Waals surface area contributed by atoms with Gasteiger partial charge in [0.05, 0.1) is 17.7 Å². The van der Waals surface area contributed by atoms with Gasteiger partial charge in [-0.2, -0.15) is 0 Å². The van der Waals surface area contributed by atoms with Crippen molar-refractivity contribution in [3.63, 3.8) is 0 Å². The van der Waals surface area contributed by atoms with E-state index in [-0.39, 0.29) is 23.7 Å². The SMILES string of the molecule is CC(C)C(C)NC(CO)c1ccc(Cl)c(F)c1. The lowest BCUT2D eigenvalue weighted by Gasteiger charge is -2.24. The Kier molecular flexibility index (Phi) is 5.37. The molecule has 17 heavy (non-hydrogen) atoms. The van der Waals surface area contributed by atoms with Crippen LogP contribution in [0.15, 0.2) is 18.2 Å². The van der Waals surface area contributed by atoms with Gasteiger partial charge in [0, 0.05) is 6.04 Å². The molecule has 0 aliphatic carbocycles. The average Bonchev–Trinajstić information content (AvgIpc) is 2.29. The molecule has 1 aromatic rings. The molecule has 2 atom stereocenters. The van der Waals surface area contributed by atoms with Crippen molar-refractivity contribution >= 4 is 11.6 Å². The van der Waals surface area contributed by atoms with Crippen molar-refractivity contribution in [1.82, 2.24) is 5.32 Å². The van der Waals surface area contributed by atoms with Crippen LogP contribution in [0.2, 0.25) is 5.02 Å². The summed E-state index contributed by atoms with van der Waals surface area (Å²) >= 11 is 5.63. The largest absolute Gasteiger partial charge is 0.394 e. The number of rotatable bonds is 5. The zero-order valence-corrected chi connectivity index (χ0v) is 11.1. The number of aliphatic hydroxyl groups excluding tert-OH is 1. The summed E-state index contributed by atoms with van der Waals surface area (Å²) in [6.45, 7) is 6.15. The van der Waals surface area contributed by atoms with E-state index in [9.17, 15) is 9.50 Å². The Balaban J connectivity index is 2.82. The Labute approximate surface area is 107 Å². The van der Waals surface area contributed by atoms with Crippen LogP contribution in [0.4, 0.5) is 4.39 Å². The fourth-order valence-electron chi connectivity index (χ4n) is 1.49. The number of nitrogens with one attached hydrogen (secondary N) is 1. The molecule has 1 rings (SSSR count). The molecule has 1 aromatic carbocycles. The normalized spacial score (nSPS) is 15.0. The molecule has 0 aromatic heterocycles. The third-order valence-corrected chi connectivity index (χ3v) is 3.30. The average molecular weight is 260 g/mol. The standard InChI is InChI=1S/C13H19ClFNO/c1-8(2)9(3)16-13(7-17)10-4-5-11(14)12(15)6-10/h4-6,8-9,13,16-17H,7H2,1-3H3. The fraction of sp³-hybridized carbons (Fsp3) is 0.538. The van der Waals surface area contributed by atoms with Crippen LogP contribution in [0.1, 0.15) is 32.4 Å². The lowest BCUT2D eigenvalue weighted by atomic mass is 10.0. The Morgan fingerprint density at radius 2 is 2.00 bits per heavy atom. The van der Waals surface area contributed by atoms with Gasteiger partial charge in [0.2, 0.25) is 0 Å². The van der Waals surface area contributed by atoms with Crippen LogP contribution in [0.25, 0.3) is 0 Å². The molecule has 0 saturated heterocycles. The first-order chi connectivity index (χ1) is 7.95. The summed E-state index contributed by atoms with van der Waals surface area (Å²) in [7, 11) is 0. The highest BCUT2D eigenvalue weighted by atomic mass is 35.5. The molecule has 0 aliphatic heterocycles. The van der Waals surface area contributed by atoms with Crippen molar-refractivity contribution in [2.24, 2.45) is 5.92 Å². The second kappa shape index (κ2) is 6.34. The Hall–Kier alpha value is -0.640. The molecule has 0 bridgehead atoms. The second-order valence-electron chi connectivity index (χ2n) is 4.61. The summed E-state index contributed by atoms with van der Waals surface area (Å²) < 4.78 is 13.3. The number of hydrogen-bond acceptors (Lipinski definition) is 2. The zero-order valence-electron chi connectivity index (χ0n) is 10.4. The predicted molar refractivity (Wildman–Crippen MR) is 68.7 cm³/mol. The summed E-state index contributed by atoms with van der Waals surface area (Å²) in [5.74, 6) is -0.0113. The molecule has 0 saturated carbocycles. The van der Waals surface area contributed by atoms with Gasteiger partial charge in [-0.05, 0) is 30.5 Å². The van der Waals surface area contributed by atoms with Gasteiger partial charge in [0.25, 0.3) is 0 Å². The summed E-state index contributed by atoms with van der Waals surface area (Å²) in [5.41, 5.74) is 0.710. The van der Waals surface area contributed by atoms with Gasteiger partial charge in [-0.15, -0.1) is 0 Å². The number of benzene rings is 1. The van der Waals surface area contributed by atoms with E-state index in [1.54, 1.807) is 6.07 Å². The first-order valence-corrected chi connectivity index (χ1v) is 6.15. The highest BCUT2D eigenvalue weighted by molar-refractivity contribution is 6.30. The van der Waals surface area contributed by atoms with Crippen molar-refractivity contribution < 1.29 is 9.50 Å². The maximum Gasteiger partial charge on any atom is 0.142 e. The third kappa shape index (κ3) is 3.95. The number of halogens is 2. The van der Waals surface area contributed by atoms with Crippen LogP contribution in [-0.4, -0.2) is 17.8 Å². The number of hydrogen-bond donors (Lipinski definition) is 2. The second-order valence-corrected chi connectivity index (χ2v) is 5.02. The van der Waals surface area contributed by atoms with Crippen molar-refractivity contribution in [3.8, 4) is 0 Å². The highest BCUT2D eigenvalue weighted by Crippen LogP contribution is 2.21. The Morgan fingerprint density at radius 3 is 2.47 bits per heavy atom. The van der Waals surface area contributed by atoms with Gasteiger partial charge in [-0.25, -0.2) is 4.39 Å². The smallest absolute Gasteiger partial charge is 0.142 e. The minimum absolute atomic E-state index is 0.0713. The van der Waals surface area contributed by atoms with Gasteiger partial charge in [0.1, 0.15) is 5.82 Å². The molecule has 96 valence electrons. The van der Waals surface area contributed by atoms with Crippen LogP contribution in [0, 0.1) is 11.7 Å². The molecule has 0 fully saturated rings. The van der Waals surface area contributed by atoms with Crippen LogP contribution in [0.3, 0.4) is 0 Å². The minimum Gasteiger partial charge on any atom is -0.394 e. The lowest BCUT2D eigenvalue weighted by molar-refractivity contribution is 0.225. The van der Waals surface area contributed by atoms with E-state index in [0.717, 1.165) is 0 Å². The molecule has 2 N–H and O–H groups in total. The Bertz CT molecular complexity index is 370. The van der Waals surface area contributed by atoms with Crippen molar-refractivity contribution in [2.75, 3.05) is 6.61 Å². The molecule has 0 aliphatic rings. The summed E-state index contributed by atoms with van der Waals surface area (Å²) in [6.07, 6.45) is 0. The van der Waals surface area contributed by atoms with Gasteiger partial charge < -0.3 is 10.4 Å². The molecular formula is C13H19ClFNO. The van der Waals surface area contributed by atoms with Crippen LogP contribution in [0.5, 0.6) is 0 Å². The Morgan fingerprint density at radius 1 is 1.35 bits per heavy atom. The summed E-state index contributed by atoms with van der Waals surface area (Å²) in [6, 6.07) is 4.58. The maximum atomic E-state index is 13.3. The molecule has 0 spiro atoms. The van der Waals surface area contributed by atoms with Gasteiger partial charge in [-0.3, -0.25) is 0 Å². The van der Waals surface area contributed by atoms with Crippen LogP contribution in [-0.2, 0) is 0 Å². The quantitative estimate of drug-likeness (QED) is 0.852. The number of aliphatic hydroxyl groups is 1. The minimum atomic E-state index is -0.457. The van der Waals surface area contributed by atoms with E-state index < -0.39 is 5.82 Å². The van der Waals surface area contributed by atoms with E-state index in [1.165, 1.54) is 12.1 Å². The first-order valence-electron chi connectivity index (χ1n) is 5.77. The molecule has 2 unspecified atom stereocenters. The van der Waals surface area contributed by atoms with Crippen molar-refractivity contribution in [1.29, 1.82) is 0 Å². The molecule has 0 heterocycles. The zero-order chi connectivity index (χ0) is 13.0. The molecule has 2 nitrogen and oxygen atoms in total. The highest BCUT2D eigenvalue weighted by Gasteiger charge is 2.16. The van der Waals surface area contributed by atoms with Crippen LogP contribution >= 0.6 is 11.6 Å². The van der Waals surface area contributed by atoms with E-state index in [0.29, 0.717) is 11.5 Å². The lowest BCUT2D eigenvalue weighted by Crippen LogP contribution is -2.36. The van der Waals surface area contributed by atoms with E-state index in [2.05, 4.69) is 19.2 Å².